The molecule has 1 aromatic carbocycles. The average Bonchev–Trinajstić information content (AvgIpc) is 3.27. The van der Waals surface area contributed by atoms with Gasteiger partial charge < -0.3 is 19.5 Å². The fourth-order valence-electron chi connectivity index (χ4n) is 2.41. The summed E-state index contributed by atoms with van der Waals surface area (Å²) in [5, 5.41) is 20.9. The first-order valence-electron chi connectivity index (χ1n) is 7.50. The molecule has 0 spiro atoms. The first-order chi connectivity index (χ1) is 11.5. The highest BCUT2D eigenvalue weighted by atomic mass is 32.1. The van der Waals surface area contributed by atoms with E-state index in [-0.39, 0.29) is 6.04 Å². The molecule has 3 aromatic rings. The molecule has 126 valence electrons. The van der Waals surface area contributed by atoms with E-state index in [4.69, 9.17) is 4.42 Å². The van der Waals surface area contributed by atoms with Crippen LogP contribution in [0.4, 0.5) is 0 Å². The highest BCUT2D eigenvalue weighted by molar-refractivity contribution is 7.18. The predicted molar refractivity (Wildman–Crippen MR) is 90.5 cm³/mol. The largest absolute Gasteiger partial charge is 0.467 e. The van der Waals surface area contributed by atoms with Gasteiger partial charge in [0.25, 0.3) is 5.91 Å². The molecule has 24 heavy (non-hydrogen) atoms. The molecule has 2 N–H and O–H groups in total. The minimum absolute atomic E-state index is 0.316. The normalized spacial score (nSPS) is 15.2. The number of benzene rings is 1. The van der Waals surface area contributed by atoms with Crippen molar-refractivity contribution in [2.75, 3.05) is 7.05 Å². The lowest BCUT2D eigenvalue weighted by molar-refractivity contribution is -0.147. The fraction of sp³-hybridized carbons (Fsp3) is 0.294. The number of aliphatic hydroxyl groups excluding tert-OH is 2. The molecule has 0 aliphatic carbocycles. The number of carbonyl (C=O) groups excluding carboxylic acids is 1. The molecular weight excluding hydrogens is 328 g/mol. The van der Waals surface area contributed by atoms with Crippen LogP contribution in [0.3, 0.4) is 0 Å². The molecule has 7 heteroatoms. The average molecular weight is 346 g/mol. The molecule has 0 radical (unpaired) electrons. The third-order valence-electron chi connectivity index (χ3n) is 4.00. The van der Waals surface area contributed by atoms with E-state index in [1.54, 1.807) is 26.1 Å². The van der Waals surface area contributed by atoms with Gasteiger partial charge >= 0.3 is 0 Å². The predicted octanol–water partition coefficient (Wildman–Crippen LogP) is 2.50. The van der Waals surface area contributed by atoms with Gasteiger partial charge in [-0.1, -0.05) is 12.1 Å². The number of furan rings is 1. The number of nitrogens with zero attached hydrogens (tertiary/aromatic N) is 2. The summed E-state index contributed by atoms with van der Waals surface area (Å²) in [6.45, 7) is 1.79. The molecule has 0 bridgehead atoms. The minimum atomic E-state index is -1.59. The Hall–Kier alpha value is -2.22. The van der Waals surface area contributed by atoms with Crippen LogP contribution in [0, 0.1) is 0 Å². The van der Waals surface area contributed by atoms with E-state index >= 15 is 0 Å². The molecule has 3 atom stereocenters. The molecule has 0 aliphatic heterocycles. The third-order valence-corrected chi connectivity index (χ3v) is 5.11. The van der Waals surface area contributed by atoms with E-state index in [2.05, 4.69) is 4.98 Å². The number of thiazole rings is 1. The Kier molecular flexibility index (Phi) is 4.66. The smallest absolute Gasteiger partial charge is 0.254 e. The van der Waals surface area contributed by atoms with Crippen molar-refractivity contribution in [1.29, 1.82) is 0 Å². The minimum Gasteiger partial charge on any atom is -0.467 e. The molecule has 6 nitrogen and oxygen atoms in total. The van der Waals surface area contributed by atoms with Gasteiger partial charge in [-0.3, -0.25) is 4.79 Å². The lowest BCUT2D eigenvalue weighted by Crippen LogP contribution is -2.41. The first-order valence-corrected chi connectivity index (χ1v) is 8.32. The lowest BCUT2D eigenvalue weighted by Gasteiger charge is -2.27. The van der Waals surface area contributed by atoms with Crippen LogP contribution in [0.2, 0.25) is 0 Å². The Labute approximate surface area is 143 Å². The Balaban J connectivity index is 1.76. The Morgan fingerprint density at radius 2 is 2.00 bits per heavy atom. The monoisotopic (exact) mass is 346 g/mol. The Morgan fingerprint density at radius 3 is 2.67 bits per heavy atom. The molecule has 0 saturated heterocycles. The second-order valence-corrected chi connectivity index (χ2v) is 6.61. The summed E-state index contributed by atoms with van der Waals surface area (Å²) in [6, 6.07) is 10.5. The van der Waals surface area contributed by atoms with Gasteiger partial charge in [-0.2, -0.15) is 0 Å². The number of hydrogen-bond acceptors (Lipinski definition) is 6. The number of aromatic nitrogens is 1. The summed E-state index contributed by atoms with van der Waals surface area (Å²) in [5.41, 5.74) is 0.730. The highest BCUT2D eigenvalue weighted by Crippen LogP contribution is 2.29. The van der Waals surface area contributed by atoms with Gasteiger partial charge in [-0.15, -0.1) is 11.3 Å². The molecule has 3 rings (SSSR count). The number of amides is 1. The number of fused-ring (bicyclic) bond motifs is 1. The van der Waals surface area contributed by atoms with Gasteiger partial charge in [0.15, 0.2) is 6.10 Å². The summed E-state index contributed by atoms with van der Waals surface area (Å²) >= 11 is 1.26. The van der Waals surface area contributed by atoms with Crippen LogP contribution in [0.1, 0.15) is 29.8 Å². The zero-order valence-corrected chi connectivity index (χ0v) is 14.1. The summed E-state index contributed by atoms with van der Waals surface area (Å²) in [5.74, 6) is 0.0122. The van der Waals surface area contributed by atoms with Crippen LogP contribution in [-0.2, 0) is 4.79 Å². The molecule has 0 aliphatic rings. The van der Waals surface area contributed by atoms with Crippen LogP contribution in [-0.4, -0.2) is 39.2 Å². The van der Waals surface area contributed by atoms with Gasteiger partial charge in [-0.05, 0) is 31.2 Å². The van der Waals surface area contributed by atoms with Crippen LogP contribution < -0.4 is 0 Å². The fourth-order valence-corrected chi connectivity index (χ4v) is 3.39. The molecule has 2 aromatic heterocycles. The molecule has 2 heterocycles. The van der Waals surface area contributed by atoms with Gasteiger partial charge in [0.1, 0.15) is 16.9 Å². The summed E-state index contributed by atoms with van der Waals surface area (Å²) in [7, 11) is 1.56. The van der Waals surface area contributed by atoms with Crippen molar-refractivity contribution in [2.45, 2.75) is 25.2 Å². The second-order valence-electron chi connectivity index (χ2n) is 5.55. The third kappa shape index (κ3) is 3.06. The van der Waals surface area contributed by atoms with E-state index in [0.29, 0.717) is 10.8 Å². The van der Waals surface area contributed by atoms with Crippen molar-refractivity contribution in [2.24, 2.45) is 0 Å². The van der Waals surface area contributed by atoms with Crippen molar-refractivity contribution in [3.05, 3.63) is 53.4 Å². The Bertz CT molecular complexity index is 797. The molecule has 0 fully saturated rings. The summed E-state index contributed by atoms with van der Waals surface area (Å²) < 4.78 is 6.18. The lowest BCUT2D eigenvalue weighted by atomic mass is 10.1. The molecular formula is C17H18N2O4S. The van der Waals surface area contributed by atoms with E-state index in [1.165, 1.54) is 22.5 Å². The number of hydrogen-bond donors (Lipinski definition) is 2. The maximum atomic E-state index is 12.5. The summed E-state index contributed by atoms with van der Waals surface area (Å²) in [6.07, 6.45) is -1.44. The number of aliphatic hydroxyl groups is 2. The number of para-hydroxylation sites is 1. The van der Waals surface area contributed by atoms with E-state index in [1.807, 2.05) is 24.3 Å². The molecule has 0 saturated carbocycles. The number of rotatable bonds is 5. The molecule has 0 unspecified atom stereocenters. The quantitative estimate of drug-likeness (QED) is 0.741. The second kappa shape index (κ2) is 6.72. The number of carbonyl (C=O) groups is 1. The van der Waals surface area contributed by atoms with E-state index in [9.17, 15) is 15.0 Å². The van der Waals surface area contributed by atoms with Crippen molar-refractivity contribution in [3.8, 4) is 0 Å². The van der Waals surface area contributed by atoms with Crippen molar-refractivity contribution in [3.63, 3.8) is 0 Å². The van der Waals surface area contributed by atoms with Crippen LogP contribution in [0.15, 0.2) is 47.1 Å². The van der Waals surface area contributed by atoms with Crippen molar-refractivity contribution < 1.29 is 19.4 Å². The first kappa shape index (κ1) is 16.6. The number of likely N-dealkylation sites (N-methyl/N-ethyl adjacent to an activating group) is 1. The maximum Gasteiger partial charge on any atom is 0.254 e. The van der Waals surface area contributed by atoms with E-state index in [0.717, 1.165) is 10.2 Å². The van der Waals surface area contributed by atoms with Gasteiger partial charge in [0.05, 0.1) is 22.5 Å². The summed E-state index contributed by atoms with van der Waals surface area (Å²) in [4.78, 5) is 18.1. The van der Waals surface area contributed by atoms with Crippen LogP contribution in [0.5, 0.6) is 0 Å². The van der Waals surface area contributed by atoms with Gasteiger partial charge in [-0.25, -0.2) is 4.98 Å². The maximum absolute atomic E-state index is 12.5. The highest BCUT2D eigenvalue weighted by Gasteiger charge is 2.33. The van der Waals surface area contributed by atoms with Crippen LogP contribution in [0.25, 0.3) is 10.2 Å². The van der Waals surface area contributed by atoms with E-state index < -0.39 is 18.1 Å². The SMILES string of the molecule is C[C@H](c1ccco1)N(C)C(=O)[C@@H](O)[C@H](O)c1nc2ccccc2s1. The molecule has 1 amide bonds. The van der Waals surface area contributed by atoms with Gasteiger partial charge in [0.2, 0.25) is 0 Å². The Morgan fingerprint density at radius 1 is 1.25 bits per heavy atom. The van der Waals surface area contributed by atoms with Crippen molar-refractivity contribution in [1.82, 2.24) is 9.88 Å². The zero-order valence-electron chi connectivity index (χ0n) is 13.3. The zero-order chi connectivity index (χ0) is 17.3. The standard InChI is InChI=1S/C17H18N2O4S/c1-10(12-7-5-9-23-12)19(2)17(22)15(21)14(20)16-18-11-6-3-4-8-13(11)24-16/h3-10,14-15,20-21H,1-2H3/t10-,14+,15+/m1/s1. The van der Waals surface area contributed by atoms with Crippen LogP contribution >= 0.6 is 11.3 Å². The topological polar surface area (TPSA) is 86.8 Å². The van der Waals surface area contributed by atoms with Crippen molar-refractivity contribution >= 4 is 27.5 Å². The van der Waals surface area contributed by atoms with Gasteiger partial charge in [0, 0.05) is 7.05 Å².